The number of aliphatic hydroxyl groups is 1. The zero-order valence-electron chi connectivity index (χ0n) is 19.7. The van der Waals surface area contributed by atoms with Gasteiger partial charge in [0.05, 0.1) is 31.5 Å². The fourth-order valence-corrected chi connectivity index (χ4v) is 5.02. The number of nitrogens with one attached hydrogen (secondary N) is 3. The molecular formula is C27H29FN4O3. The second-order valence-corrected chi connectivity index (χ2v) is 8.96. The van der Waals surface area contributed by atoms with Gasteiger partial charge >= 0.3 is 0 Å². The van der Waals surface area contributed by atoms with Gasteiger partial charge in [-0.1, -0.05) is 24.3 Å². The molecule has 8 heteroatoms. The molecule has 0 saturated carbocycles. The minimum Gasteiger partial charge on any atom is -0.494 e. The fourth-order valence-electron chi connectivity index (χ4n) is 5.02. The lowest BCUT2D eigenvalue weighted by Crippen LogP contribution is -2.43. The average molecular weight is 477 g/mol. The molecule has 4 aromatic rings. The summed E-state index contributed by atoms with van der Waals surface area (Å²) in [7, 11) is 1.45. The molecular weight excluding hydrogens is 447 g/mol. The maximum atomic E-state index is 14.4. The van der Waals surface area contributed by atoms with E-state index in [0.29, 0.717) is 19.4 Å². The van der Waals surface area contributed by atoms with Crippen molar-refractivity contribution >= 4 is 27.7 Å². The van der Waals surface area contributed by atoms with E-state index in [9.17, 15) is 9.18 Å². The van der Waals surface area contributed by atoms with E-state index in [1.54, 1.807) is 6.07 Å². The molecule has 1 amide bonds. The third-order valence-electron chi connectivity index (χ3n) is 6.62. The van der Waals surface area contributed by atoms with E-state index in [1.807, 2.05) is 18.2 Å². The number of rotatable bonds is 8. The van der Waals surface area contributed by atoms with Crippen LogP contribution in [0.15, 0.2) is 42.5 Å². The summed E-state index contributed by atoms with van der Waals surface area (Å²) in [6.45, 7) is 0.555. The van der Waals surface area contributed by atoms with Crippen LogP contribution in [0.4, 0.5) is 4.39 Å². The Bertz CT molecular complexity index is 1380. The van der Waals surface area contributed by atoms with Gasteiger partial charge in [0.1, 0.15) is 0 Å². The van der Waals surface area contributed by atoms with Crippen LogP contribution < -0.4 is 15.4 Å². The predicted octanol–water partition coefficient (Wildman–Crippen LogP) is 3.01. The third-order valence-corrected chi connectivity index (χ3v) is 6.62. The molecule has 35 heavy (non-hydrogen) atoms. The number of H-pyrrole nitrogens is 1. The van der Waals surface area contributed by atoms with Crippen molar-refractivity contribution in [2.24, 2.45) is 0 Å². The molecule has 4 N–H and O–H groups in total. The molecule has 2 aromatic carbocycles. The van der Waals surface area contributed by atoms with Crippen molar-refractivity contribution in [3.63, 3.8) is 0 Å². The van der Waals surface area contributed by atoms with E-state index >= 15 is 0 Å². The first-order valence-electron chi connectivity index (χ1n) is 11.9. The number of fused-ring (bicyclic) bond motifs is 5. The Morgan fingerprint density at radius 1 is 1.29 bits per heavy atom. The number of aromatic nitrogens is 2. The van der Waals surface area contributed by atoms with Crippen LogP contribution in [-0.2, 0) is 24.1 Å². The molecule has 1 unspecified atom stereocenters. The van der Waals surface area contributed by atoms with Crippen LogP contribution in [0, 0.1) is 5.82 Å². The van der Waals surface area contributed by atoms with Crippen LogP contribution in [0.2, 0.25) is 0 Å². The number of methoxy groups -OCH3 is 1. The van der Waals surface area contributed by atoms with Crippen LogP contribution >= 0.6 is 0 Å². The number of carbonyl (C=O) groups excluding carboxylic acids is 1. The second-order valence-electron chi connectivity index (χ2n) is 8.96. The standard InChI is InChI=1S/C27H29FN4O3/c1-35-24-9-6-16(12-20(24)28)13-23-27-26(18-4-2-3-5-21(18)32-27)19-8-7-17(14-22(19)31-23)30-25(34)15-29-10-11-33/h2-6,9,12,17,29,32-33H,7-8,10-11,13-15H2,1H3,(H,30,34). The summed E-state index contributed by atoms with van der Waals surface area (Å²) in [4.78, 5) is 20.9. The maximum absolute atomic E-state index is 14.4. The minimum atomic E-state index is -0.395. The molecule has 1 aliphatic rings. The van der Waals surface area contributed by atoms with E-state index < -0.39 is 5.82 Å². The van der Waals surface area contributed by atoms with Gasteiger partial charge in [0.2, 0.25) is 5.91 Å². The number of amides is 1. The van der Waals surface area contributed by atoms with Crippen molar-refractivity contribution in [2.75, 3.05) is 26.8 Å². The van der Waals surface area contributed by atoms with Crippen molar-refractivity contribution < 1.29 is 19.0 Å². The van der Waals surface area contributed by atoms with Gasteiger partial charge < -0.3 is 25.5 Å². The lowest BCUT2D eigenvalue weighted by atomic mass is 9.88. The topological polar surface area (TPSA) is 99.3 Å². The summed E-state index contributed by atoms with van der Waals surface area (Å²) in [5.74, 6) is -0.266. The molecule has 2 aromatic heterocycles. The van der Waals surface area contributed by atoms with Crippen LogP contribution in [0.5, 0.6) is 5.75 Å². The Labute approximate surface area is 202 Å². The number of aromatic amines is 1. The Morgan fingerprint density at radius 3 is 2.94 bits per heavy atom. The van der Waals surface area contributed by atoms with Crippen molar-refractivity contribution in [1.82, 2.24) is 20.6 Å². The van der Waals surface area contributed by atoms with Gasteiger partial charge in [-0.3, -0.25) is 9.78 Å². The molecule has 1 atom stereocenters. The van der Waals surface area contributed by atoms with Gasteiger partial charge in [-0.25, -0.2) is 4.39 Å². The number of aliphatic hydroxyl groups excluding tert-OH is 1. The normalized spacial score (nSPS) is 15.3. The van der Waals surface area contributed by atoms with Crippen molar-refractivity contribution in [2.45, 2.75) is 31.7 Å². The van der Waals surface area contributed by atoms with Gasteiger partial charge in [-0.15, -0.1) is 0 Å². The van der Waals surface area contributed by atoms with E-state index in [2.05, 4.69) is 27.8 Å². The Balaban J connectivity index is 1.51. The number of benzene rings is 2. The van der Waals surface area contributed by atoms with E-state index in [1.165, 1.54) is 24.1 Å². The van der Waals surface area contributed by atoms with E-state index in [-0.39, 0.29) is 30.9 Å². The van der Waals surface area contributed by atoms with Gasteiger partial charge in [0.15, 0.2) is 11.6 Å². The highest BCUT2D eigenvalue weighted by Crippen LogP contribution is 2.36. The van der Waals surface area contributed by atoms with E-state index in [4.69, 9.17) is 14.8 Å². The number of aryl methyl sites for hydroxylation is 1. The highest BCUT2D eigenvalue weighted by atomic mass is 19.1. The molecule has 0 aliphatic heterocycles. The van der Waals surface area contributed by atoms with Crippen LogP contribution in [-0.4, -0.2) is 53.8 Å². The smallest absolute Gasteiger partial charge is 0.234 e. The van der Waals surface area contributed by atoms with Crippen molar-refractivity contribution in [3.05, 3.63) is 70.8 Å². The number of hydrogen-bond acceptors (Lipinski definition) is 5. The lowest BCUT2D eigenvalue weighted by molar-refractivity contribution is -0.121. The Morgan fingerprint density at radius 2 is 2.14 bits per heavy atom. The second kappa shape index (κ2) is 10.0. The molecule has 5 rings (SSSR count). The van der Waals surface area contributed by atoms with Gasteiger partial charge in [0.25, 0.3) is 0 Å². The Hall–Kier alpha value is -3.49. The Kier molecular flexibility index (Phi) is 6.66. The first-order valence-corrected chi connectivity index (χ1v) is 11.9. The number of ether oxygens (including phenoxy) is 1. The monoisotopic (exact) mass is 476 g/mol. The number of pyridine rings is 1. The molecule has 0 radical (unpaired) electrons. The van der Waals surface area contributed by atoms with Crippen molar-refractivity contribution in [3.8, 4) is 5.75 Å². The van der Waals surface area contributed by atoms with Gasteiger partial charge in [-0.2, -0.15) is 0 Å². The first-order chi connectivity index (χ1) is 17.1. The number of para-hydroxylation sites is 1. The summed E-state index contributed by atoms with van der Waals surface area (Å²) < 4.78 is 19.4. The summed E-state index contributed by atoms with van der Waals surface area (Å²) in [5, 5.41) is 17.2. The number of halogens is 1. The van der Waals surface area contributed by atoms with Crippen molar-refractivity contribution in [1.29, 1.82) is 0 Å². The molecule has 0 bridgehead atoms. The fraction of sp³-hybridized carbons (Fsp3) is 0.333. The zero-order chi connectivity index (χ0) is 24.4. The predicted molar refractivity (Wildman–Crippen MR) is 133 cm³/mol. The molecule has 2 heterocycles. The highest BCUT2D eigenvalue weighted by Gasteiger charge is 2.26. The molecule has 0 fully saturated rings. The molecule has 1 aliphatic carbocycles. The summed E-state index contributed by atoms with van der Waals surface area (Å²) in [6, 6.07) is 13.2. The first kappa shape index (κ1) is 23.3. The van der Waals surface area contributed by atoms with Gasteiger partial charge in [0, 0.05) is 47.4 Å². The summed E-state index contributed by atoms with van der Waals surface area (Å²) in [6.07, 6.45) is 2.76. The minimum absolute atomic E-state index is 0.00447. The lowest BCUT2D eigenvalue weighted by Gasteiger charge is -2.26. The molecule has 7 nitrogen and oxygen atoms in total. The van der Waals surface area contributed by atoms with Crippen LogP contribution in [0.25, 0.3) is 21.8 Å². The largest absolute Gasteiger partial charge is 0.494 e. The average Bonchev–Trinajstić information content (AvgIpc) is 3.25. The number of carbonyl (C=O) groups is 1. The van der Waals surface area contributed by atoms with Crippen LogP contribution in [0.3, 0.4) is 0 Å². The van der Waals surface area contributed by atoms with E-state index in [0.717, 1.165) is 46.2 Å². The third kappa shape index (κ3) is 4.72. The number of nitrogens with zero attached hydrogens (tertiary/aromatic N) is 1. The number of hydrogen-bond donors (Lipinski definition) is 4. The van der Waals surface area contributed by atoms with Gasteiger partial charge in [-0.05, 0) is 42.2 Å². The molecule has 0 spiro atoms. The highest BCUT2D eigenvalue weighted by molar-refractivity contribution is 6.10. The van der Waals surface area contributed by atoms with Crippen LogP contribution in [0.1, 0.15) is 28.9 Å². The molecule has 0 saturated heterocycles. The summed E-state index contributed by atoms with van der Waals surface area (Å²) >= 11 is 0. The maximum Gasteiger partial charge on any atom is 0.234 e. The quantitative estimate of drug-likeness (QED) is 0.293. The molecule has 182 valence electrons. The zero-order valence-corrected chi connectivity index (χ0v) is 19.7. The SMILES string of the molecule is COc1ccc(Cc2nc3c(c4c2[nH]c2ccccc24)CCC(NC(=O)CNCCO)C3)cc1F. The summed E-state index contributed by atoms with van der Waals surface area (Å²) in [5.41, 5.74) is 5.89.